The Morgan fingerprint density at radius 2 is 1.97 bits per heavy atom. The molecule has 10 nitrogen and oxygen atoms in total. The third-order valence-corrected chi connectivity index (χ3v) is 8.39. The largest absolute Gasteiger partial charge is 0.390 e. The van der Waals surface area contributed by atoms with Crippen molar-refractivity contribution in [2.75, 3.05) is 42.6 Å². The number of nitrogens with zero attached hydrogens (tertiary/aromatic N) is 6. The highest BCUT2D eigenvalue weighted by Gasteiger charge is 2.47. The average Bonchev–Trinajstić information content (AvgIpc) is 3.55. The van der Waals surface area contributed by atoms with Crippen LogP contribution in [-0.2, 0) is 17.8 Å². The van der Waals surface area contributed by atoms with Gasteiger partial charge in [0.15, 0.2) is 11.5 Å². The predicted molar refractivity (Wildman–Crippen MR) is 142 cm³/mol. The van der Waals surface area contributed by atoms with Crippen molar-refractivity contribution in [3.05, 3.63) is 35.7 Å². The molecule has 0 saturated carbocycles. The van der Waals surface area contributed by atoms with E-state index in [1.807, 2.05) is 19.9 Å². The summed E-state index contributed by atoms with van der Waals surface area (Å²) in [6, 6.07) is 6.32. The highest BCUT2D eigenvalue weighted by atomic mass is 16.5. The Morgan fingerprint density at radius 3 is 2.65 bits per heavy atom. The van der Waals surface area contributed by atoms with E-state index in [2.05, 4.69) is 34.0 Å². The lowest BCUT2D eigenvalue weighted by molar-refractivity contribution is 0.0878. The number of fused-ring (bicyclic) bond motifs is 2. The summed E-state index contributed by atoms with van der Waals surface area (Å²) in [5, 5.41) is 25.2. The van der Waals surface area contributed by atoms with Crippen molar-refractivity contribution in [3.8, 4) is 5.69 Å². The number of rotatable bonds is 5. The van der Waals surface area contributed by atoms with Gasteiger partial charge >= 0.3 is 0 Å². The van der Waals surface area contributed by atoms with Crippen molar-refractivity contribution < 1.29 is 14.9 Å². The normalized spacial score (nSPS) is 23.4. The maximum atomic E-state index is 10.4. The molecular weight excluding hydrogens is 470 g/mol. The van der Waals surface area contributed by atoms with Crippen LogP contribution < -0.4 is 15.5 Å². The van der Waals surface area contributed by atoms with Crippen LogP contribution in [0.5, 0.6) is 0 Å². The lowest BCUT2D eigenvalue weighted by atomic mass is 9.73. The van der Waals surface area contributed by atoms with Crippen molar-refractivity contribution in [2.45, 2.75) is 64.4 Å². The zero-order valence-corrected chi connectivity index (χ0v) is 21.9. The van der Waals surface area contributed by atoms with Crippen LogP contribution in [0.4, 0.5) is 11.5 Å². The number of piperidine rings is 1. The number of benzene rings is 1. The van der Waals surface area contributed by atoms with Gasteiger partial charge in [-0.3, -0.25) is 0 Å². The number of hydrogen-bond acceptors (Lipinski definition) is 9. The van der Waals surface area contributed by atoms with Gasteiger partial charge < -0.3 is 30.5 Å². The summed E-state index contributed by atoms with van der Waals surface area (Å²) in [4.78, 5) is 14.2. The standard InChI is InChI=1S/C27H37N7O3/c1-17-23(28)27(16-37-17)7-10-32(11-8-27)24-21(14-35)31-25-20(30-24)13-29-34(25)19-5-4-18-6-9-33(22(18)12-19)15-26(2,3)36/h4-5,12-13,17,23,35-36H,6-11,14-16,28H2,1-3H3/t17-,23+/m0/s1. The minimum Gasteiger partial charge on any atom is -0.390 e. The first-order valence-electron chi connectivity index (χ1n) is 13.3. The number of nitrogens with two attached hydrogens (primary N) is 1. The van der Waals surface area contributed by atoms with E-state index in [-0.39, 0.29) is 24.2 Å². The van der Waals surface area contributed by atoms with Crippen LogP contribution in [0.15, 0.2) is 24.4 Å². The predicted octanol–water partition coefficient (Wildman–Crippen LogP) is 1.77. The number of ether oxygens (including phenoxy) is 1. The Hall–Kier alpha value is -2.79. The number of anilines is 2. The van der Waals surface area contributed by atoms with Gasteiger partial charge in [-0.05, 0) is 57.7 Å². The molecule has 0 unspecified atom stereocenters. The Kier molecular flexibility index (Phi) is 5.91. The Bertz CT molecular complexity index is 1310. The maximum Gasteiger partial charge on any atom is 0.182 e. The van der Waals surface area contributed by atoms with E-state index in [0.29, 0.717) is 30.0 Å². The molecule has 0 radical (unpaired) electrons. The number of aromatic nitrogens is 4. The minimum atomic E-state index is -0.782. The summed E-state index contributed by atoms with van der Waals surface area (Å²) >= 11 is 0. The molecule has 6 rings (SSSR count). The van der Waals surface area contributed by atoms with Crippen molar-refractivity contribution in [1.82, 2.24) is 19.7 Å². The Morgan fingerprint density at radius 1 is 1.19 bits per heavy atom. The molecule has 1 aromatic carbocycles. The summed E-state index contributed by atoms with van der Waals surface area (Å²) in [7, 11) is 0. The van der Waals surface area contributed by atoms with Crippen molar-refractivity contribution in [3.63, 3.8) is 0 Å². The first kappa shape index (κ1) is 24.5. The molecule has 2 atom stereocenters. The maximum absolute atomic E-state index is 10.4. The topological polar surface area (TPSA) is 126 Å². The second kappa shape index (κ2) is 8.90. The fourth-order valence-electron chi connectivity index (χ4n) is 6.26. The zero-order chi connectivity index (χ0) is 25.9. The van der Waals surface area contributed by atoms with Crippen molar-refractivity contribution >= 4 is 22.7 Å². The van der Waals surface area contributed by atoms with E-state index >= 15 is 0 Å². The molecule has 0 bridgehead atoms. The van der Waals surface area contributed by atoms with Crippen molar-refractivity contribution in [2.24, 2.45) is 11.1 Å². The smallest absolute Gasteiger partial charge is 0.182 e. The molecule has 1 spiro atoms. The van der Waals surface area contributed by atoms with Gasteiger partial charge in [-0.15, -0.1) is 0 Å². The van der Waals surface area contributed by atoms with Crippen LogP contribution in [0.3, 0.4) is 0 Å². The highest BCUT2D eigenvalue weighted by Crippen LogP contribution is 2.42. The second-order valence-corrected chi connectivity index (χ2v) is 11.6. The summed E-state index contributed by atoms with van der Waals surface area (Å²) in [6.07, 6.45) is 4.64. The third-order valence-electron chi connectivity index (χ3n) is 8.39. The summed E-state index contributed by atoms with van der Waals surface area (Å²) in [5.41, 5.74) is 10.8. The quantitative estimate of drug-likeness (QED) is 0.474. The lowest BCUT2D eigenvalue weighted by Crippen LogP contribution is -2.51. The molecule has 0 aliphatic carbocycles. The highest BCUT2D eigenvalue weighted by molar-refractivity contribution is 5.75. The van der Waals surface area contributed by atoms with Gasteiger partial charge in [-0.25, -0.2) is 14.6 Å². The third kappa shape index (κ3) is 4.25. The van der Waals surface area contributed by atoms with Crippen LogP contribution in [0.25, 0.3) is 16.9 Å². The number of β-amino-alcohol motifs (C(OH)–C–C–N with tert-alkyl or cyclic N) is 1. The fourth-order valence-corrected chi connectivity index (χ4v) is 6.26. The van der Waals surface area contributed by atoms with E-state index in [0.717, 1.165) is 56.1 Å². The van der Waals surface area contributed by atoms with Gasteiger partial charge in [0.25, 0.3) is 0 Å². The molecule has 5 heterocycles. The summed E-state index contributed by atoms with van der Waals surface area (Å²) < 4.78 is 7.65. The van der Waals surface area contributed by atoms with Gasteiger partial charge in [-0.2, -0.15) is 5.10 Å². The molecule has 3 aromatic rings. The number of aliphatic hydroxyl groups excluding tert-OH is 1. The number of hydrogen-bond donors (Lipinski definition) is 3. The molecule has 37 heavy (non-hydrogen) atoms. The second-order valence-electron chi connectivity index (χ2n) is 11.6. The van der Waals surface area contributed by atoms with E-state index in [9.17, 15) is 10.2 Å². The van der Waals surface area contributed by atoms with Crippen LogP contribution in [0, 0.1) is 5.41 Å². The molecule has 4 N–H and O–H groups in total. The molecule has 2 fully saturated rings. The Balaban J connectivity index is 1.29. The molecule has 2 saturated heterocycles. The Labute approximate surface area is 217 Å². The fraction of sp³-hybridized carbons (Fsp3) is 0.593. The summed E-state index contributed by atoms with van der Waals surface area (Å²) in [5.74, 6) is 0.718. The monoisotopic (exact) mass is 507 g/mol. The van der Waals surface area contributed by atoms with E-state index < -0.39 is 5.60 Å². The van der Waals surface area contributed by atoms with Gasteiger partial charge in [0, 0.05) is 43.3 Å². The first-order chi connectivity index (χ1) is 17.7. The van der Waals surface area contributed by atoms with Crippen LogP contribution in [-0.4, -0.2) is 80.5 Å². The minimum absolute atomic E-state index is 0.0183. The SMILES string of the molecule is C[C@@H]1OCC2(CCN(c3nc4cnn(-c5ccc6c(c5)N(CC(C)(C)O)CC6)c4nc3CO)CC2)[C@@H]1N. The number of aliphatic hydroxyl groups is 2. The van der Waals surface area contributed by atoms with Crippen LogP contribution in [0.2, 0.25) is 0 Å². The lowest BCUT2D eigenvalue weighted by Gasteiger charge is -2.41. The molecule has 198 valence electrons. The van der Waals surface area contributed by atoms with Gasteiger partial charge in [0.1, 0.15) is 11.2 Å². The molecule has 0 amide bonds. The van der Waals surface area contributed by atoms with Crippen molar-refractivity contribution in [1.29, 1.82) is 0 Å². The van der Waals surface area contributed by atoms with Gasteiger partial charge in [-0.1, -0.05) is 6.07 Å². The molecular formula is C27H37N7O3. The summed E-state index contributed by atoms with van der Waals surface area (Å²) in [6.45, 7) is 9.27. The average molecular weight is 508 g/mol. The van der Waals surface area contributed by atoms with E-state index in [4.69, 9.17) is 20.4 Å². The van der Waals surface area contributed by atoms with Crippen LogP contribution >= 0.6 is 0 Å². The van der Waals surface area contributed by atoms with Crippen LogP contribution in [0.1, 0.15) is 44.9 Å². The molecule has 2 aromatic heterocycles. The molecule has 3 aliphatic rings. The van der Waals surface area contributed by atoms with E-state index in [1.165, 1.54) is 5.56 Å². The molecule has 10 heteroatoms. The molecule has 3 aliphatic heterocycles. The zero-order valence-electron chi connectivity index (χ0n) is 21.9. The van der Waals surface area contributed by atoms with Gasteiger partial charge in [0.05, 0.1) is 36.8 Å². The first-order valence-corrected chi connectivity index (χ1v) is 13.3. The van der Waals surface area contributed by atoms with Gasteiger partial charge in [0.2, 0.25) is 0 Å². The van der Waals surface area contributed by atoms with E-state index in [1.54, 1.807) is 10.9 Å².